The van der Waals surface area contributed by atoms with Gasteiger partial charge >= 0.3 is 6.09 Å². The minimum Gasteiger partial charge on any atom is -0.444 e. The zero-order valence-corrected chi connectivity index (χ0v) is 24.1. The van der Waals surface area contributed by atoms with Gasteiger partial charge in [-0.2, -0.15) is 4.31 Å². The van der Waals surface area contributed by atoms with Crippen LogP contribution in [-0.4, -0.2) is 78.7 Å². The van der Waals surface area contributed by atoms with Crippen molar-refractivity contribution < 1.29 is 17.9 Å². The number of amides is 1. The molecule has 2 aromatic carbocycles. The Hall–Kier alpha value is -1.84. The lowest BCUT2D eigenvalue weighted by Crippen LogP contribution is -2.64. The fourth-order valence-corrected chi connectivity index (χ4v) is 6.91. The largest absolute Gasteiger partial charge is 0.444 e. The molecule has 2 heterocycles. The predicted molar refractivity (Wildman–Crippen MR) is 148 cm³/mol. The van der Waals surface area contributed by atoms with Gasteiger partial charge in [-0.15, -0.1) is 0 Å². The first-order chi connectivity index (χ1) is 17.3. The molecule has 0 radical (unpaired) electrons. The summed E-state index contributed by atoms with van der Waals surface area (Å²) in [4.78, 5) is 16.4. The molecule has 2 aromatic rings. The van der Waals surface area contributed by atoms with Crippen LogP contribution in [0.3, 0.4) is 0 Å². The summed E-state index contributed by atoms with van der Waals surface area (Å²) in [5.41, 5.74) is 1.61. The second-order valence-corrected chi connectivity index (χ2v) is 13.7. The molecular formula is C27H35Cl2N3O4S. The number of carbonyl (C=O) groups is 1. The third kappa shape index (κ3) is 6.98. The number of carbonyl (C=O) groups excluding carboxylic acids is 1. The average Bonchev–Trinajstić information content (AvgIpc) is 2.78. The zero-order valence-electron chi connectivity index (χ0n) is 21.7. The van der Waals surface area contributed by atoms with E-state index in [2.05, 4.69) is 4.90 Å². The molecule has 0 spiro atoms. The minimum absolute atomic E-state index is 0.0405. The Bertz CT molecular complexity index is 1140. The maximum Gasteiger partial charge on any atom is 0.410 e. The number of rotatable bonds is 6. The molecule has 0 N–H and O–H groups in total. The quantitative estimate of drug-likeness (QED) is 0.465. The first-order valence-corrected chi connectivity index (χ1v) is 15.1. The predicted octanol–water partition coefficient (Wildman–Crippen LogP) is 5.43. The number of piperidine rings is 1. The standard InChI is InChI=1S/C27H35Cl2N3O4S/c1-27(2,3)36-26(33)30-15-13-23(14-16-30)32(37(4,34)35)24-17-31(18-24)25(19-5-9-21(28)10-6-19)20-7-11-22(29)12-8-20/h5-12,23-25H,13-18H2,1-4H3. The Morgan fingerprint density at radius 1 is 0.919 bits per heavy atom. The molecule has 202 valence electrons. The molecule has 2 saturated heterocycles. The van der Waals surface area contributed by atoms with E-state index in [4.69, 9.17) is 27.9 Å². The van der Waals surface area contributed by atoms with Gasteiger partial charge in [-0.1, -0.05) is 47.5 Å². The highest BCUT2D eigenvalue weighted by Crippen LogP contribution is 2.36. The molecule has 37 heavy (non-hydrogen) atoms. The SMILES string of the molecule is CC(C)(C)OC(=O)N1CCC(N(C2CN(C(c3ccc(Cl)cc3)c3ccc(Cl)cc3)C2)S(C)(=O)=O)CC1. The number of benzene rings is 2. The van der Waals surface area contributed by atoms with Gasteiger partial charge in [0.15, 0.2) is 0 Å². The Morgan fingerprint density at radius 3 is 1.78 bits per heavy atom. The van der Waals surface area contributed by atoms with Crippen LogP contribution in [0.2, 0.25) is 10.0 Å². The van der Waals surface area contributed by atoms with Crippen molar-refractivity contribution in [3.05, 3.63) is 69.7 Å². The van der Waals surface area contributed by atoms with E-state index in [1.165, 1.54) is 6.26 Å². The highest BCUT2D eigenvalue weighted by atomic mass is 35.5. The van der Waals surface area contributed by atoms with Crippen LogP contribution in [0.25, 0.3) is 0 Å². The third-order valence-corrected chi connectivity index (χ3v) is 8.71. The van der Waals surface area contributed by atoms with Crippen LogP contribution in [0.15, 0.2) is 48.5 Å². The molecule has 0 unspecified atom stereocenters. The fourth-order valence-electron chi connectivity index (χ4n) is 5.23. The fraction of sp³-hybridized carbons (Fsp3) is 0.519. The summed E-state index contributed by atoms with van der Waals surface area (Å²) in [5.74, 6) is 0. The summed E-state index contributed by atoms with van der Waals surface area (Å²) in [7, 11) is -3.44. The van der Waals surface area contributed by atoms with Crippen molar-refractivity contribution >= 4 is 39.3 Å². The van der Waals surface area contributed by atoms with Crippen LogP contribution in [0, 0.1) is 0 Å². The summed E-state index contributed by atoms with van der Waals surface area (Å²) in [6.07, 6.45) is 2.10. The van der Waals surface area contributed by atoms with Crippen molar-refractivity contribution in [2.24, 2.45) is 0 Å². The lowest BCUT2D eigenvalue weighted by molar-refractivity contribution is 0.00551. The Morgan fingerprint density at radius 2 is 1.38 bits per heavy atom. The van der Waals surface area contributed by atoms with Gasteiger partial charge in [-0.25, -0.2) is 13.2 Å². The smallest absolute Gasteiger partial charge is 0.410 e. The first-order valence-electron chi connectivity index (χ1n) is 12.5. The van der Waals surface area contributed by atoms with Crippen molar-refractivity contribution in [2.75, 3.05) is 32.4 Å². The number of hydrogen-bond donors (Lipinski definition) is 0. The molecule has 2 fully saturated rings. The summed E-state index contributed by atoms with van der Waals surface area (Å²) < 4.78 is 33.0. The maximum atomic E-state index is 12.9. The summed E-state index contributed by atoms with van der Waals surface area (Å²) in [6, 6.07) is 15.2. The monoisotopic (exact) mass is 567 g/mol. The minimum atomic E-state index is -3.44. The van der Waals surface area contributed by atoms with E-state index in [1.54, 1.807) is 9.21 Å². The van der Waals surface area contributed by atoms with E-state index in [1.807, 2.05) is 69.3 Å². The summed E-state index contributed by atoms with van der Waals surface area (Å²) in [6.45, 7) is 7.68. The number of hydrogen-bond acceptors (Lipinski definition) is 5. The van der Waals surface area contributed by atoms with Gasteiger partial charge in [0, 0.05) is 42.3 Å². The third-order valence-electron chi connectivity index (χ3n) is 6.85. The molecule has 0 atom stereocenters. The van der Waals surface area contributed by atoms with Crippen LogP contribution in [0.4, 0.5) is 4.79 Å². The van der Waals surface area contributed by atoms with Gasteiger partial charge in [0.2, 0.25) is 10.0 Å². The number of likely N-dealkylation sites (tertiary alicyclic amines) is 2. The lowest BCUT2D eigenvalue weighted by atomic mass is 9.92. The van der Waals surface area contributed by atoms with E-state index in [0.29, 0.717) is 49.1 Å². The van der Waals surface area contributed by atoms with Gasteiger partial charge in [0.1, 0.15) is 5.60 Å². The van der Waals surface area contributed by atoms with Crippen molar-refractivity contribution in [3.8, 4) is 0 Å². The molecule has 0 aromatic heterocycles. The molecule has 0 saturated carbocycles. The molecule has 4 rings (SSSR count). The highest BCUT2D eigenvalue weighted by molar-refractivity contribution is 7.88. The molecule has 2 aliphatic rings. The maximum absolute atomic E-state index is 12.9. The molecular weight excluding hydrogens is 533 g/mol. The highest BCUT2D eigenvalue weighted by Gasteiger charge is 2.44. The van der Waals surface area contributed by atoms with Gasteiger partial charge in [-0.05, 0) is 69.0 Å². The molecule has 0 aliphatic carbocycles. The van der Waals surface area contributed by atoms with Crippen molar-refractivity contribution in [1.29, 1.82) is 0 Å². The van der Waals surface area contributed by atoms with Crippen LogP contribution in [0.1, 0.15) is 50.8 Å². The van der Waals surface area contributed by atoms with E-state index in [0.717, 1.165) is 11.1 Å². The summed E-state index contributed by atoms with van der Waals surface area (Å²) in [5, 5.41) is 1.34. The number of ether oxygens (including phenoxy) is 1. The number of nitrogens with zero attached hydrogens (tertiary/aromatic N) is 3. The van der Waals surface area contributed by atoms with Crippen molar-refractivity contribution in [1.82, 2.24) is 14.1 Å². The van der Waals surface area contributed by atoms with Crippen LogP contribution >= 0.6 is 23.2 Å². The number of halogens is 2. The second-order valence-electron chi connectivity index (χ2n) is 10.9. The molecule has 7 nitrogen and oxygen atoms in total. The topological polar surface area (TPSA) is 70.2 Å². The van der Waals surface area contributed by atoms with Crippen LogP contribution in [-0.2, 0) is 14.8 Å². The normalized spacial score (nSPS) is 18.3. The Balaban J connectivity index is 1.47. The van der Waals surface area contributed by atoms with Crippen LogP contribution < -0.4 is 0 Å². The average molecular weight is 569 g/mol. The van der Waals surface area contributed by atoms with Crippen molar-refractivity contribution in [3.63, 3.8) is 0 Å². The molecule has 2 aliphatic heterocycles. The van der Waals surface area contributed by atoms with Gasteiger partial charge in [0.25, 0.3) is 0 Å². The second kappa shape index (κ2) is 11.1. The first kappa shape index (κ1) is 28.2. The van der Waals surface area contributed by atoms with Gasteiger partial charge in [0.05, 0.1) is 18.3 Å². The molecule has 10 heteroatoms. The van der Waals surface area contributed by atoms with Gasteiger partial charge in [-0.3, -0.25) is 4.90 Å². The van der Waals surface area contributed by atoms with E-state index in [9.17, 15) is 13.2 Å². The van der Waals surface area contributed by atoms with Gasteiger partial charge < -0.3 is 9.64 Å². The summed E-state index contributed by atoms with van der Waals surface area (Å²) >= 11 is 12.3. The Kier molecular flexibility index (Phi) is 8.46. The molecule has 1 amide bonds. The number of sulfonamides is 1. The van der Waals surface area contributed by atoms with Crippen LogP contribution in [0.5, 0.6) is 0 Å². The van der Waals surface area contributed by atoms with E-state index < -0.39 is 15.6 Å². The lowest BCUT2D eigenvalue weighted by Gasteiger charge is -2.51. The van der Waals surface area contributed by atoms with E-state index in [-0.39, 0.29) is 24.2 Å². The van der Waals surface area contributed by atoms with E-state index >= 15 is 0 Å². The molecule has 0 bridgehead atoms. The van der Waals surface area contributed by atoms with Crippen molar-refractivity contribution in [2.45, 2.75) is 57.3 Å². The zero-order chi connectivity index (χ0) is 27.0. The Labute approximate surface area is 230 Å².